The number of nitrogens with zero attached hydrogens (tertiary/aromatic N) is 1. The smallest absolute Gasteiger partial charge is 0.226 e. The van der Waals surface area contributed by atoms with Crippen molar-refractivity contribution >= 4 is 5.91 Å². The topological polar surface area (TPSA) is 50.8 Å². The van der Waals surface area contributed by atoms with E-state index in [1.165, 1.54) is 0 Å². The van der Waals surface area contributed by atoms with Crippen LogP contribution in [-0.2, 0) is 4.79 Å². The molecular formula is C28H32N2O3. The van der Waals surface area contributed by atoms with E-state index in [0.29, 0.717) is 13.2 Å². The first-order valence-corrected chi connectivity index (χ1v) is 11.6. The molecule has 1 unspecified atom stereocenters. The molecule has 0 aliphatic carbocycles. The minimum absolute atomic E-state index is 0.0137. The van der Waals surface area contributed by atoms with Crippen LogP contribution in [0.4, 0.5) is 0 Å². The second-order valence-corrected chi connectivity index (χ2v) is 8.31. The first kappa shape index (κ1) is 22.9. The summed E-state index contributed by atoms with van der Waals surface area (Å²) in [7, 11) is 1.67. The number of hydrogen-bond donors (Lipinski definition) is 1. The lowest BCUT2D eigenvalue weighted by Crippen LogP contribution is -2.44. The van der Waals surface area contributed by atoms with Gasteiger partial charge in [-0.25, -0.2) is 0 Å². The maximum atomic E-state index is 13.9. The van der Waals surface area contributed by atoms with Crippen molar-refractivity contribution in [3.63, 3.8) is 0 Å². The number of hydrogen-bond acceptors (Lipinski definition) is 4. The molecule has 1 aliphatic heterocycles. The highest BCUT2D eigenvalue weighted by Crippen LogP contribution is 2.33. The van der Waals surface area contributed by atoms with E-state index in [-0.39, 0.29) is 17.9 Å². The van der Waals surface area contributed by atoms with Gasteiger partial charge in [0.1, 0.15) is 18.1 Å². The fourth-order valence-electron chi connectivity index (χ4n) is 4.45. The van der Waals surface area contributed by atoms with Gasteiger partial charge in [0, 0.05) is 5.92 Å². The summed E-state index contributed by atoms with van der Waals surface area (Å²) < 4.78 is 11.5. The molecule has 0 bridgehead atoms. The molecule has 0 radical (unpaired) electrons. The molecule has 5 nitrogen and oxygen atoms in total. The molecule has 4 rings (SSSR count). The van der Waals surface area contributed by atoms with Gasteiger partial charge in [0.15, 0.2) is 0 Å². The molecule has 0 aromatic heterocycles. The van der Waals surface area contributed by atoms with E-state index in [4.69, 9.17) is 9.47 Å². The highest BCUT2D eigenvalue weighted by molar-refractivity contribution is 5.80. The highest BCUT2D eigenvalue weighted by atomic mass is 16.5. The Hall–Kier alpha value is -3.31. The van der Waals surface area contributed by atoms with Crippen LogP contribution in [0.2, 0.25) is 0 Å². The van der Waals surface area contributed by atoms with Crippen LogP contribution in [0.25, 0.3) is 0 Å². The molecule has 1 aliphatic rings. The first-order chi connectivity index (χ1) is 16.3. The van der Waals surface area contributed by atoms with E-state index in [1.54, 1.807) is 7.11 Å². The van der Waals surface area contributed by atoms with Crippen molar-refractivity contribution in [1.82, 2.24) is 10.2 Å². The summed E-state index contributed by atoms with van der Waals surface area (Å²) in [5, 5.41) is 3.37. The van der Waals surface area contributed by atoms with Crippen molar-refractivity contribution in [1.29, 1.82) is 0 Å². The van der Waals surface area contributed by atoms with Gasteiger partial charge in [-0.2, -0.15) is 0 Å². The number of carbonyl (C=O) groups excluding carboxylic acids is 1. The molecule has 0 spiro atoms. The van der Waals surface area contributed by atoms with Gasteiger partial charge >= 0.3 is 0 Å². The lowest BCUT2D eigenvalue weighted by Gasteiger charge is -2.36. The molecule has 1 N–H and O–H groups in total. The molecule has 3 aromatic rings. The SMILES string of the molecule is COc1cccc(C(c2ccccc2)N(CCOc2ccccc2)C(=O)C2CCNCC2)c1. The lowest BCUT2D eigenvalue weighted by molar-refractivity contribution is -0.138. The Labute approximate surface area is 196 Å². The predicted molar refractivity (Wildman–Crippen MR) is 131 cm³/mol. The van der Waals surface area contributed by atoms with Crippen molar-refractivity contribution in [2.45, 2.75) is 18.9 Å². The zero-order valence-corrected chi connectivity index (χ0v) is 19.2. The Kier molecular flexibility index (Phi) is 7.99. The van der Waals surface area contributed by atoms with E-state index in [1.807, 2.05) is 71.6 Å². The number of rotatable bonds is 9. The molecule has 172 valence electrons. The minimum atomic E-state index is -0.219. The van der Waals surface area contributed by atoms with Crippen molar-refractivity contribution < 1.29 is 14.3 Å². The van der Waals surface area contributed by atoms with Crippen LogP contribution in [0.3, 0.4) is 0 Å². The Morgan fingerprint density at radius 1 is 0.909 bits per heavy atom. The number of ether oxygens (including phenoxy) is 2. The molecule has 5 heteroatoms. The lowest BCUT2D eigenvalue weighted by atomic mass is 9.92. The van der Waals surface area contributed by atoms with Gasteiger partial charge in [-0.1, -0.05) is 60.7 Å². The van der Waals surface area contributed by atoms with Gasteiger partial charge in [-0.15, -0.1) is 0 Å². The normalized spacial score (nSPS) is 14.9. The molecule has 3 aromatic carbocycles. The quantitative estimate of drug-likeness (QED) is 0.520. The molecule has 1 saturated heterocycles. The Morgan fingerprint density at radius 2 is 1.55 bits per heavy atom. The minimum Gasteiger partial charge on any atom is -0.497 e. The molecule has 1 amide bonds. The van der Waals surface area contributed by atoms with Crippen LogP contribution in [0.5, 0.6) is 11.5 Å². The summed E-state index contributed by atoms with van der Waals surface area (Å²) in [6.45, 7) is 2.67. The van der Waals surface area contributed by atoms with Gasteiger partial charge < -0.3 is 19.7 Å². The van der Waals surface area contributed by atoms with Crippen LogP contribution in [0.1, 0.15) is 30.0 Å². The maximum Gasteiger partial charge on any atom is 0.226 e. The Bertz CT molecular complexity index is 1000. The van der Waals surface area contributed by atoms with Crippen LogP contribution in [-0.4, -0.2) is 44.2 Å². The number of carbonyl (C=O) groups is 1. The second-order valence-electron chi connectivity index (χ2n) is 8.31. The van der Waals surface area contributed by atoms with Crippen molar-refractivity contribution in [3.05, 3.63) is 96.1 Å². The molecule has 1 fully saturated rings. The molecule has 33 heavy (non-hydrogen) atoms. The number of para-hydroxylation sites is 1. The van der Waals surface area contributed by atoms with Crippen LogP contribution in [0.15, 0.2) is 84.9 Å². The summed E-state index contributed by atoms with van der Waals surface area (Å²) in [6, 6.07) is 27.8. The number of piperidine rings is 1. The second kappa shape index (κ2) is 11.5. The summed E-state index contributed by atoms with van der Waals surface area (Å²) in [6.07, 6.45) is 1.71. The predicted octanol–water partition coefficient (Wildman–Crippen LogP) is 4.69. The zero-order chi connectivity index (χ0) is 22.9. The van der Waals surface area contributed by atoms with Gasteiger partial charge in [0.2, 0.25) is 5.91 Å². The van der Waals surface area contributed by atoms with Gasteiger partial charge in [0.05, 0.1) is 19.7 Å². The highest BCUT2D eigenvalue weighted by Gasteiger charge is 2.32. The van der Waals surface area contributed by atoms with Crippen molar-refractivity contribution in [2.24, 2.45) is 5.92 Å². The molecular weight excluding hydrogens is 412 g/mol. The molecule has 1 atom stereocenters. The van der Waals surface area contributed by atoms with E-state index in [2.05, 4.69) is 23.5 Å². The number of benzene rings is 3. The summed E-state index contributed by atoms with van der Waals surface area (Å²) in [5.74, 6) is 1.79. The monoisotopic (exact) mass is 444 g/mol. The van der Waals surface area contributed by atoms with Crippen LogP contribution < -0.4 is 14.8 Å². The zero-order valence-electron chi connectivity index (χ0n) is 19.2. The average Bonchev–Trinajstić information content (AvgIpc) is 2.89. The third kappa shape index (κ3) is 5.93. The standard InChI is InChI=1S/C28H32N2O3/c1-32-26-14-8-11-24(21-26)27(22-9-4-2-5-10-22)30(28(31)23-15-17-29-18-16-23)19-20-33-25-12-6-3-7-13-25/h2-14,21,23,27,29H,15-20H2,1H3. The van der Waals surface area contributed by atoms with Gasteiger partial charge in [-0.05, 0) is 61.3 Å². The molecule has 1 heterocycles. The number of methoxy groups -OCH3 is 1. The Morgan fingerprint density at radius 3 is 2.24 bits per heavy atom. The summed E-state index contributed by atoms with van der Waals surface area (Å²) in [5.41, 5.74) is 2.11. The largest absolute Gasteiger partial charge is 0.497 e. The van der Waals surface area contributed by atoms with Crippen LogP contribution >= 0.6 is 0 Å². The van der Waals surface area contributed by atoms with E-state index in [9.17, 15) is 4.79 Å². The maximum absolute atomic E-state index is 13.9. The van der Waals surface area contributed by atoms with Gasteiger partial charge in [-0.3, -0.25) is 4.79 Å². The van der Waals surface area contributed by atoms with E-state index >= 15 is 0 Å². The van der Waals surface area contributed by atoms with Crippen molar-refractivity contribution in [2.75, 3.05) is 33.4 Å². The third-order valence-corrected chi connectivity index (χ3v) is 6.15. The van der Waals surface area contributed by atoms with E-state index in [0.717, 1.165) is 48.6 Å². The van der Waals surface area contributed by atoms with E-state index < -0.39 is 0 Å². The summed E-state index contributed by atoms with van der Waals surface area (Å²) in [4.78, 5) is 15.9. The van der Waals surface area contributed by atoms with Crippen molar-refractivity contribution in [3.8, 4) is 11.5 Å². The number of nitrogens with one attached hydrogen (secondary N) is 1. The van der Waals surface area contributed by atoms with Gasteiger partial charge in [0.25, 0.3) is 0 Å². The molecule has 0 saturated carbocycles. The fraction of sp³-hybridized carbons (Fsp3) is 0.321. The number of amides is 1. The third-order valence-electron chi connectivity index (χ3n) is 6.15. The summed E-state index contributed by atoms with van der Waals surface area (Å²) >= 11 is 0. The average molecular weight is 445 g/mol. The Balaban J connectivity index is 1.67. The first-order valence-electron chi connectivity index (χ1n) is 11.6. The van der Waals surface area contributed by atoms with Crippen LogP contribution in [0, 0.1) is 5.92 Å². The fourth-order valence-corrected chi connectivity index (χ4v) is 4.45.